The Morgan fingerprint density at radius 2 is 2.00 bits per heavy atom. The van der Waals surface area contributed by atoms with Gasteiger partial charge in [-0.25, -0.2) is 0 Å². The highest BCUT2D eigenvalue weighted by Gasteiger charge is 2.12. The number of rotatable bonds is 0. The third-order valence-electron chi connectivity index (χ3n) is 0.845. The van der Waals surface area contributed by atoms with Crippen LogP contribution in [0.15, 0.2) is 0 Å². The summed E-state index contributed by atoms with van der Waals surface area (Å²) in [6.07, 6.45) is 2.70. The second-order valence-electron chi connectivity index (χ2n) is 1.36. The van der Waals surface area contributed by atoms with Gasteiger partial charge in [-0.3, -0.25) is 0 Å². The summed E-state index contributed by atoms with van der Waals surface area (Å²) < 4.78 is 0.979. The van der Waals surface area contributed by atoms with E-state index in [1.807, 2.05) is 0 Å². The van der Waals surface area contributed by atoms with Crippen LogP contribution in [0.5, 0.6) is 0 Å². The summed E-state index contributed by atoms with van der Waals surface area (Å²) in [7, 11) is 2.32. The molecule has 0 spiro atoms. The van der Waals surface area contributed by atoms with Gasteiger partial charge in [0.25, 0.3) is 0 Å². The van der Waals surface area contributed by atoms with E-state index in [4.69, 9.17) is 0 Å². The van der Waals surface area contributed by atoms with Crippen molar-refractivity contribution < 1.29 is 0 Å². The third kappa shape index (κ3) is 0.811. The molecule has 1 aliphatic rings. The maximum Gasteiger partial charge on any atom is 0.112 e. The average molecular weight is 179 g/mol. The fraction of sp³-hybridized carbons (Fsp3) is 1.00. The molecule has 0 amide bonds. The summed E-state index contributed by atoms with van der Waals surface area (Å²) in [5.74, 6) is 0. The Morgan fingerprint density at radius 1 is 1.60 bits per heavy atom. The Balaban J connectivity index is 2.08. The van der Waals surface area contributed by atoms with Crippen LogP contribution in [0.3, 0.4) is 0 Å². The third-order valence-corrected chi connectivity index (χ3v) is 1.86. The van der Waals surface area contributed by atoms with Gasteiger partial charge in [-0.15, -0.1) is 0 Å². The lowest BCUT2D eigenvalue weighted by Crippen LogP contribution is -2.15. The highest BCUT2D eigenvalue weighted by molar-refractivity contribution is 14.1. The first kappa shape index (κ1) is 3.97. The molecule has 1 saturated heterocycles. The van der Waals surface area contributed by atoms with Gasteiger partial charge in [-0.2, -0.15) is 0 Å². The van der Waals surface area contributed by atoms with Crippen LogP contribution < -0.4 is 0 Å². The van der Waals surface area contributed by atoms with Gasteiger partial charge in [-0.05, 0) is 3.92 Å². The molecular formula is C3H5BI. The van der Waals surface area contributed by atoms with Gasteiger partial charge < -0.3 is 0 Å². The Kier molecular flexibility index (Phi) is 1.19. The molecule has 1 fully saturated rings. The van der Waals surface area contributed by atoms with Crippen molar-refractivity contribution in [2.45, 2.75) is 16.6 Å². The van der Waals surface area contributed by atoms with Crippen LogP contribution in [0.2, 0.25) is 12.6 Å². The van der Waals surface area contributed by atoms with Gasteiger partial charge in [-0.1, -0.05) is 35.2 Å². The van der Waals surface area contributed by atoms with Crippen molar-refractivity contribution in [3.8, 4) is 0 Å². The molecule has 27 valence electrons. The molecule has 0 aromatic heterocycles. The van der Waals surface area contributed by atoms with Gasteiger partial charge in [0.2, 0.25) is 0 Å². The zero-order valence-corrected chi connectivity index (χ0v) is 5.10. The van der Waals surface area contributed by atoms with E-state index in [9.17, 15) is 0 Å². The second kappa shape index (κ2) is 1.50. The van der Waals surface area contributed by atoms with Crippen molar-refractivity contribution in [1.82, 2.24) is 0 Å². The van der Waals surface area contributed by atoms with Crippen LogP contribution in [0.4, 0.5) is 0 Å². The zero-order chi connectivity index (χ0) is 3.70. The summed E-state index contributed by atoms with van der Waals surface area (Å²) in [5, 5.41) is 0. The maximum absolute atomic E-state index is 2.46. The normalized spacial score (nSPS) is 24.2. The largest absolute Gasteiger partial charge is 0.112 e. The molecule has 5 heavy (non-hydrogen) atoms. The number of hydrogen-bond donors (Lipinski definition) is 0. The van der Waals surface area contributed by atoms with Crippen molar-refractivity contribution in [2.75, 3.05) is 0 Å². The van der Waals surface area contributed by atoms with E-state index >= 15 is 0 Å². The van der Waals surface area contributed by atoms with Crippen LogP contribution in [-0.2, 0) is 0 Å². The van der Waals surface area contributed by atoms with Crippen molar-refractivity contribution in [3.63, 3.8) is 0 Å². The quantitative estimate of drug-likeness (QED) is 0.299. The lowest BCUT2D eigenvalue weighted by molar-refractivity contribution is 1.04. The molecule has 0 N–H and O–H groups in total. The fourth-order valence-corrected chi connectivity index (χ4v) is 1.01. The summed E-state index contributed by atoms with van der Waals surface area (Å²) in [6, 6.07) is 0. The van der Waals surface area contributed by atoms with Crippen LogP contribution in [0.1, 0.15) is 0 Å². The first-order chi connectivity index (χ1) is 2.39. The van der Waals surface area contributed by atoms with Crippen molar-refractivity contribution in [3.05, 3.63) is 0 Å². The molecule has 1 rings (SSSR count). The van der Waals surface area contributed by atoms with Crippen LogP contribution >= 0.6 is 22.6 Å². The molecule has 1 aliphatic heterocycles. The second-order valence-corrected chi connectivity index (χ2v) is 3.12. The lowest BCUT2D eigenvalue weighted by atomic mass is 9.57. The van der Waals surface area contributed by atoms with E-state index in [1.165, 1.54) is 12.6 Å². The Labute approximate surface area is 46.7 Å². The van der Waals surface area contributed by atoms with Gasteiger partial charge in [0, 0.05) is 0 Å². The average Bonchev–Trinajstić information content (AvgIpc) is 1.30. The molecule has 0 aromatic carbocycles. The minimum atomic E-state index is 0.979. The predicted octanol–water partition coefficient (Wildman–Crippen LogP) is 1.34. The smallest absolute Gasteiger partial charge is 0.0842 e. The molecular weight excluding hydrogens is 174 g/mol. The molecule has 0 atom stereocenters. The maximum atomic E-state index is 2.46. The number of hydrogen-bond acceptors (Lipinski definition) is 0. The standard InChI is InChI=1S/C3H5BI/c5-3-1-4-2-3/h3H,1-2H2. The minimum Gasteiger partial charge on any atom is -0.0842 e. The van der Waals surface area contributed by atoms with Crippen LogP contribution in [0.25, 0.3) is 0 Å². The summed E-state index contributed by atoms with van der Waals surface area (Å²) in [6.45, 7) is 0. The molecule has 0 bridgehead atoms. The van der Waals surface area contributed by atoms with Gasteiger partial charge >= 0.3 is 0 Å². The highest BCUT2D eigenvalue weighted by Crippen LogP contribution is 2.20. The summed E-state index contributed by atoms with van der Waals surface area (Å²) in [4.78, 5) is 0. The van der Waals surface area contributed by atoms with E-state index in [1.54, 1.807) is 0 Å². The summed E-state index contributed by atoms with van der Waals surface area (Å²) in [5.41, 5.74) is 0. The SMILES string of the molecule is IC1C[B]C1. The van der Waals surface area contributed by atoms with E-state index in [0.717, 1.165) is 3.92 Å². The molecule has 1 radical (unpaired) electrons. The van der Waals surface area contributed by atoms with Crippen molar-refractivity contribution in [1.29, 1.82) is 0 Å². The monoisotopic (exact) mass is 179 g/mol. The van der Waals surface area contributed by atoms with Crippen molar-refractivity contribution in [2.24, 2.45) is 0 Å². The van der Waals surface area contributed by atoms with Gasteiger partial charge in [0.05, 0.1) is 0 Å². The predicted molar refractivity (Wildman–Crippen MR) is 33.2 cm³/mol. The van der Waals surface area contributed by atoms with E-state index < -0.39 is 0 Å². The van der Waals surface area contributed by atoms with E-state index in [-0.39, 0.29) is 0 Å². The van der Waals surface area contributed by atoms with Gasteiger partial charge in [0.15, 0.2) is 0 Å². The molecule has 0 aliphatic carbocycles. The van der Waals surface area contributed by atoms with Gasteiger partial charge in [0.1, 0.15) is 7.28 Å². The Bertz CT molecular complexity index is 33.9. The summed E-state index contributed by atoms with van der Waals surface area (Å²) >= 11 is 2.46. The zero-order valence-electron chi connectivity index (χ0n) is 2.95. The van der Waals surface area contributed by atoms with Crippen molar-refractivity contribution >= 4 is 29.9 Å². The highest BCUT2D eigenvalue weighted by atomic mass is 127. The molecule has 0 saturated carbocycles. The van der Waals surface area contributed by atoms with E-state index in [2.05, 4.69) is 29.9 Å². The number of alkyl halides is 1. The topological polar surface area (TPSA) is 0 Å². The first-order valence-electron chi connectivity index (χ1n) is 1.85. The Morgan fingerprint density at radius 3 is 2.00 bits per heavy atom. The van der Waals surface area contributed by atoms with Crippen LogP contribution in [0, 0.1) is 0 Å². The molecule has 0 nitrogen and oxygen atoms in total. The minimum absolute atomic E-state index is 0.979. The lowest BCUT2D eigenvalue weighted by Gasteiger charge is -2.15. The molecule has 2 heteroatoms. The van der Waals surface area contributed by atoms with Crippen LogP contribution in [-0.4, -0.2) is 11.2 Å². The Hall–Kier alpha value is 0.795. The van der Waals surface area contributed by atoms with E-state index in [0.29, 0.717) is 0 Å². The molecule has 0 aromatic rings. The molecule has 1 heterocycles. The number of halogens is 1. The molecule has 0 unspecified atom stereocenters. The first-order valence-corrected chi connectivity index (χ1v) is 3.10. The fourth-order valence-electron chi connectivity index (χ4n) is 0.293.